The van der Waals surface area contributed by atoms with Crippen molar-refractivity contribution in [3.8, 4) is 0 Å². The molecule has 0 amide bonds. The van der Waals surface area contributed by atoms with Crippen molar-refractivity contribution in [2.24, 2.45) is 0 Å². The van der Waals surface area contributed by atoms with Crippen LogP contribution in [0, 0.1) is 0 Å². The largest absolute Gasteiger partial charge is 0.369 e. The number of thioether (sulfide) groups is 1. The molecule has 0 aromatic carbocycles. The van der Waals surface area contributed by atoms with E-state index >= 15 is 0 Å². The summed E-state index contributed by atoms with van der Waals surface area (Å²) in [5.41, 5.74) is 1.07. The standard InChI is InChI=1S/C11H19N3S/c1-3-5-6-15-9-10-7-14-11(8-13-10)12-4-2/h7-8H,3-6,9H2,1-2H3,(H,12,14). The van der Waals surface area contributed by atoms with Crippen molar-refractivity contribution < 1.29 is 0 Å². The lowest BCUT2D eigenvalue weighted by Crippen LogP contribution is -2.00. The summed E-state index contributed by atoms with van der Waals surface area (Å²) < 4.78 is 0. The molecular formula is C11H19N3S. The molecule has 1 aromatic heterocycles. The zero-order chi connectivity index (χ0) is 10.9. The number of unbranched alkanes of at least 4 members (excludes halogenated alkanes) is 1. The van der Waals surface area contributed by atoms with Crippen LogP contribution in [0.4, 0.5) is 5.82 Å². The van der Waals surface area contributed by atoms with Crippen LogP contribution in [0.25, 0.3) is 0 Å². The Kier molecular flexibility index (Phi) is 6.16. The van der Waals surface area contributed by atoms with Gasteiger partial charge in [0.1, 0.15) is 5.82 Å². The first kappa shape index (κ1) is 12.3. The smallest absolute Gasteiger partial charge is 0.144 e. The number of nitrogens with zero attached hydrogens (tertiary/aromatic N) is 2. The third kappa shape index (κ3) is 5.02. The van der Waals surface area contributed by atoms with E-state index in [9.17, 15) is 0 Å². The Labute approximate surface area is 96.1 Å². The fourth-order valence-corrected chi connectivity index (χ4v) is 2.12. The average Bonchev–Trinajstić information content (AvgIpc) is 2.27. The molecule has 0 radical (unpaired) electrons. The predicted molar refractivity (Wildman–Crippen MR) is 67.3 cm³/mol. The third-order valence-corrected chi connectivity index (χ3v) is 3.03. The molecule has 0 aliphatic heterocycles. The highest BCUT2D eigenvalue weighted by Crippen LogP contribution is 2.12. The molecule has 0 atom stereocenters. The molecule has 0 unspecified atom stereocenters. The van der Waals surface area contributed by atoms with Crippen LogP contribution in [0.3, 0.4) is 0 Å². The fraction of sp³-hybridized carbons (Fsp3) is 0.636. The van der Waals surface area contributed by atoms with Gasteiger partial charge in [-0.05, 0) is 19.1 Å². The molecule has 1 rings (SSSR count). The molecule has 3 nitrogen and oxygen atoms in total. The molecule has 0 fully saturated rings. The van der Waals surface area contributed by atoms with E-state index in [4.69, 9.17) is 0 Å². The van der Waals surface area contributed by atoms with E-state index in [1.807, 2.05) is 18.0 Å². The van der Waals surface area contributed by atoms with E-state index in [1.54, 1.807) is 6.20 Å². The van der Waals surface area contributed by atoms with Gasteiger partial charge in [0.2, 0.25) is 0 Å². The van der Waals surface area contributed by atoms with Crippen molar-refractivity contribution >= 4 is 17.6 Å². The minimum atomic E-state index is 0.861. The van der Waals surface area contributed by atoms with Crippen LogP contribution in [0.15, 0.2) is 12.4 Å². The predicted octanol–water partition coefficient (Wildman–Crippen LogP) is 2.94. The van der Waals surface area contributed by atoms with Crippen molar-refractivity contribution in [3.05, 3.63) is 18.1 Å². The van der Waals surface area contributed by atoms with Gasteiger partial charge in [-0.15, -0.1) is 0 Å². The van der Waals surface area contributed by atoms with Gasteiger partial charge in [0.05, 0.1) is 18.1 Å². The number of nitrogens with one attached hydrogen (secondary N) is 1. The maximum Gasteiger partial charge on any atom is 0.144 e. The van der Waals surface area contributed by atoms with Gasteiger partial charge >= 0.3 is 0 Å². The van der Waals surface area contributed by atoms with Gasteiger partial charge in [0, 0.05) is 12.3 Å². The first-order valence-electron chi connectivity index (χ1n) is 5.49. The quantitative estimate of drug-likeness (QED) is 0.724. The highest BCUT2D eigenvalue weighted by atomic mass is 32.2. The molecule has 1 heterocycles. The molecular weight excluding hydrogens is 206 g/mol. The van der Waals surface area contributed by atoms with Gasteiger partial charge < -0.3 is 5.32 Å². The minimum Gasteiger partial charge on any atom is -0.369 e. The van der Waals surface area contributed by atoms with E-state index in [0.717, 1.165) is 23.8 Å². The molecule has 0 spiro atoms. The monoisotopic (exact) mass is 225 g/mol. The van der Waals surface area contributed by atoms with Crippen LogP contribution in [-0.2, 0) is 5.75 Å². The van der Waals surface area contributed by atoms with Gasteiger partial charge in [0.15, 0.2) is 0 Å². The molecule has 1 N–H and O–H groups in total. The Balaban J connectivity index is 2.29. The summed E-state index contributed by atoms with van der Waals surface area (Å²) in [6.07, 6.45) is 6.21. The molecule has 1 aromatic rings. The Hall–Kier alpha value is -0.770. The van der Waals surface area contributed by atoms with E-state index in [1.165, 1.54) is 18.6 Å². The third-order valence-electron chi connectivity index (χ3n) is 1.96. The molecule has 0 bridgehead atoms. The van der Waals surface area contributed by atoms with Crippen molar-refractivity contribution in [2.75, 3.05) is 17.6 Å². The number of hydrogen-bond donors (Lipinski definition) is 1. The Bertz CT molecular complexity index is 261. The van der Waals surface area contributed by atoms with Gasteiger partial charge in [-0.3, -0.25) is 4.98 Å². The Morgan fingerprint density at radius 2 is 2.13 bits per heavy atom. The first-order chi connectivity index (χ1) is 7.36. The molecule has 0 aliphatic rings. The zero-order valence-corrected chi connectivity index (χ0v) is 10.3. The molecule has 15 heavy (non-hydrogen) atoms. The van der Waals surface area contributed by atoms with E-state index in [0.29, 0.717) is 0 Å². The minimum absolute atomic E-state index is 0.861. The number of hydrogen-bond acceptors (Lipinski definition) is 4. The topological polar surface area (TPSA) is 37.8 Å². The fourth-order valence-electron chi connectivity index (χ4n) is 1.12. The molecule has 0 aliphatic carbocycles. The van der Waals surface area contributed by atoms with E-state index < -0.39 is 0 Å². The Morgan fingerprint density at radius 1 is 1.27 bits per heavy atom. The maximum absolute atomic E-state index is 4.35. The number of anilines is 1. The number of aromatic nitrogens is 2. The van der Waals surface area contributed by atoms with E-state index in [2.05, 4.69) is 29.1 Å². The van der Waals surface area contributed by atoms with E-state index in [-0.39, 0.29) is 0 Å². The lowest BCUT2D eigenvalue weighted by atomic mass is 10.4. The average molecular weight is 225 g/mol. The van der Waals surface area contributed by atoms with Crippen LogP contribution >= 0.6 is 11.8 Å². The first-order valence-corrected chi connectivity index (χ1v) is 6.64. The number of rotatable bonds is 7. The zero-order valence-electron chi connectivity index (χ0n) is 9.49. The second-order valence-corrected chi connectivity index (χ2v) is 4.43. The van der Waals surface area contributed by atoms with Crippen LogP contribution < -0.4 is 5.32 Å². The van der Waals surface area contributed by atoms with Crippen molar-refractivity contribution in [2.45, 2.75) is 32.4 Å². The normalized spacial score (nSPS) is 10.3. The summed E-state index contributed by atoms with van der Waals surface area (Å²) >= 11 is 1.93. The van der Waals surface area contributed by atoms with Gasteiger partial charge in [-0.2, -0.15) is 11.8 Å². The maximum atomic E-state index is 4.35. The van der Waals surface area contributed by atoms with Crippen molar-refractivity contribution in [1.82, 2.24) is 9.97 Å². The van der Waals surface area contributed by atoms with Crippen LogP contribution in [-0.4, -0.2) is 22.3 Å². The summed E-state index contributed by atoms with van der Waals surface area (Å²) in [6.45, 7) is 5.15. The Morgan fingerprint density at radius 3 is 2.73 bits per heavy atom. The van der Waals surface area contributed by atoms with Gasteiger partial charge in [-0.1, -0.05) is 13.3 Å². The summed E-state index contributed by atoms with van der Waals surface area (Å²) in [7, 11) is 0. The van der Waals surface area contributed by atoms with Crippen molar-refractivity contribution in [3.63, 3.8) is 0 Å². The lowest BCUT2D eigenvalue weighted by Gasteiger charge is -2.03. The summed E-state index contributed by atoms with van der Waals surface area (Å²) in [5.74, 6) is 3.05. The van der Waals surface area contributed by atoms with Gasteiger partial charge in [0.25, 0.3) is 0 Å². The second-order valence-electron chi connectivity index (χ2n) is 3.33. The molecule has 84 valence electrons. The summed E-state index contributed by atoms with van der Waals surface area (Å²) in [5, 5.41) is 3.13. The second kappa shape index (κ2) is 7.51. The van der Waals surface area contributed by atoms with Crippen molar-refractivity contribution in [1.29, 1.82) is 0 Å². The summed E-state index contributed by atoms with van der Waals surface area (Å²) in [4.78, 5) is 8.63. The highest BCUT2D eigenvalue weighted by Gasteiger charge is 1.96. The van der Waals surface area contributed by atoms with Crippen LogP contribution in [0.5, 0.6) is 0 Å². The van der Waals surface area contributed by atoms with Crippen LogP contribution in [0.2, 0.25) is 0 Å². The SMILES string of the molecule is CCCCSCc1cnc(NCC)cn1. The summed E-state index contributed by atoms with van der Waals surface area (Å²) in [6, 6.07) is 0. The molecule has 0 saturated carbocycles. The highest BCUT2D eigenvalue weighted by molar-refractivity contribution is 7.98. The van der Waals surface area contributed by atoms with Gasteiger partial charge in [-0.25, -0.2) is 4.98 Å². The van der Waals surface area contributed by atoms with Crippen LogP contribution in [0.1, 0.15) is 32.4 Å². The molecule has 0 saturated heterocycles. The lowest BCUT2D eigenvalue weighted by molar-refractivity contribution is 0.895. The molecule has 4 heteroatoms.